The number of aliphatic carboxylic acids is 1. The molecule has 0 bridgehead atoms. The molecule has 0 unspecified atom stereocenters. The van der Waals surface area contributed by atoms with Gasteiger partial charge in [0.25, 0.3) is 0 Å². The third-order valence-corrected chi connectivity index (χ3v) is 3.85. The third-order valence-electron chi connectivity index (χ3n) is 3.85. The second kappa shape index (κ2) is 7.24. The Balaban J connectivity index is 1.70. The maximum absolute atomic E-state index is 13.3. The standard InChI is InChI=1S/C16H20FNO4/c17-12-5-1-2-6-13(12)22-10-3-7-14(19)18-16(8-4-9-16)11-15(20)21/h1-2,5-6H,3-4,7-11H2,(H,18,19)(H,20,21). The quantitative estimate of drug-likeness (QED) is 0.723. The van der Waals surface area contributed by atoms with Crippen LogP contribution in [0.25, 0.3) is 0 Å². The lowest BCUT2D eigenvalue weighted by Crippen LogP contribution is -2.54. The molecular formula is C16H20FNO4. The molecule has 0 spiro atoms. The molecule has 5 nitrogen and oxygen atoms in total. The minimum atomic E-state index is -0.900. The number of carboxylic acid groups (broad SMARTS) is 1. The number of halogens is 1. The molecule has 0 saturated heterocycles. The Hall–Kier alpha value is -2.11. The molecule has 1 saturated carbocycles. The first kappa shape index (κ1) is 16.3. The molecular weight excluding hydrogens is 289 g/mol. The normalized spacial score (nSPS) is 15.7. The lowest BCUT2D eigenvalue weighted by molar-refractivity contribution is -0.140. The number of ether oxygens (including phenoxy) is 1. The molecule has 0 aromatic heterocycles. The number of nitrogens with one attached hydrogen (secondary N) is 1. The van der Waals surface area contributed by atoms with Gasteiger partial charge in [-0.1, -0.05) is 12.1 Å². The average molecular weight is 309 g/mol. The SMILES string of the molecule is O=C(O)CC1(NC(=O)CCCOc2ccccc2F)CCC1. The van der Waals surface area contributed by atoms with E-state index in [0.29, 0.717) is 19.3 Å². The Morgan fingerprint density at radius 3 is 2.64 bits per heavy atom. The lowest BCUT2D eigenvalue weighted by Gasteiger charge is -2.41. The van der Waals surface area contributed by atoms with Crippen molar-refractivity contribution >= 4 is 11.9 Å². The molecule has 1 aliphatic rings. The molecule has 1 aromatic carbocycles. The molecule has 2 N–H and O–H groups in total. The number of carbonyl (C=O) groups is 2. The van der Waals surface area contributed by atoms with Crippen LogP contribution in [0.4, 0.5) is 4.39 Å². The molecule has 1 aliphatic carbocycles. The minimum Gasteiger partial charge on any atom is -0.491 e. The molecule has 0 atom stereocenters. The van der Waals surface area contributed by atoms with Crippen molar-refractivity contribution in [3.63, 3.8) is 0 Å². The van der Waals surface area contributed by atoms with E-state index in [1.165, 1.54) is 12.1 Å². The van der Waals surface area contributed by atoms with Gasteiger partial charge >= 0.3 is 5.97 Å². The van der Waals surface area contributed by atoms with Crippen LogP contribution in [0.3, 0.4) is 0 Å². The van der Waals surface area contributed by atoms with Gasteiger partial charge in [0.1, 0.15) is 0 Å². The van der Waals surface area contributed by atoms with Gasteiger partial charge in [0, 0.05) is 6.42 Å². The number of hydrogen-bond donors (Lipinski definition) is 2. The van der Waals surface area contributed by atoms with Crippen molar-refractivity contribution in [3.05, 3.63) is 30.1 Å². The van der Waals surface area contributed by atoms with Gasteiger partial charge in [-0.05, 0) is 37.8 Å². The summed E-state index contributed by atoms with van der Waals surface area (Å²) < 4.78 is 18.6. The molecule has 0 heterocycles. The fourth-order valence-corrected chi connectivity index (χ4v) is 2.57. The zero-order valence-electron chi connectivity index (χ0n) is 12.3. The Morgan fingerprint density at radius 2 is 2.05 bits per heavy atom. The van der Waals surface area contributed by atoms with E-state index in [2.05, 4.69) is 5.32 Å². The Labute approximate surface area is 128 Å². The van der Waals surface area contributed by atoms with Crippen molar-refractivity contribution in [2.24, 2.45) is 0 Å². The van der Waals surface area contributed by atoms with Gasteiger partial charge < -0.3 is 15.2 Å². The van der Waals surface area contributed by atoms with Gasteiger partial charge in [0.15, 0.2) is 11.6 Å². The van der Waals surface area contributed by atoms with Crippen molar-refractivity contribution in [2.75, 3.05) is 6.61 Å². The van der Waals surface area contributed by atoms with Gasteiger partial charge in [-0.15, -0.1) is 0 Å². The van der Waals surface area contributed by atoms with Crippen LogP contribution in [-0.2, 0) is 9.59 Å². The highest BCUT2D eigenvalue weighted by atomic mass is 19.1. The Morgan fingerprint density at radius 1 is 1.32 bits per heavy atom. The first-order chi connectivity index (χ1) is 10.5. The highest BCUT2D eigenvalue weighted by Gasteiger charge is 2.40. The molecule has 120 valence electrons. The average Bonchev–Trinajstić information content (AvgIpc) is 2.42. The fraction of sp³-hybridized carbons (Fsp3) is 0.500. The second-order valence-electron chi connectivity index (χ2n) is 5.64. The summed E-state index contributed by atoms with van der Waals surface area (Å²) in [6, 6.07) is 6.10. The van der Waals surface area contributed by atoms with E-state index in [4.69, 9.17) is 9.84 Å². The van der Waals surface area contributed by atoms with Crippen LogP contribution in [0.5, 0.6) is 5.75 Å². The summed E-state index contributed by atoms with van der Waals surface area (Å²) in [7, 11) is 0. The van der Waals surface area contributed by atoms with Crippen LogP contribution in [0, 0.1) is 5.82 Å². The Kier molecular flexibility index (Phi) is 5.35. The first-order valence-electron chi connectivity index (χ1n) is 7.41. The fourth-order valence-electron chi connectivity index (χ4n) is 2.57. The van der Waals surface area contributed by atoms with Gasteiger partial charge in [-0.2, -0.15) is 0 Å². The zero-order valence-corrected chi connectivity index (χ0v) is 12.3. The molecule has 6 heteroatoms. The number of carbonyl (C=O) groups excluding carboxylic acids is 1. The summed E-state index contributed by atoms with van der Waals surface area (Å²) in [5.74, 6) is -1.34. The van der Waals surface area contributed by atoms with Crippen molar-refractivity contribution in [3.8, 4) is 5.75 Å². The molecule has 1 aromatic rings. The number of rotatable bonds is 8. The van der Waals surface area contributed by atoms with Crippen molar-refractivity contribution in [1.29, 1.82) is 0 Å². The monoisotopic (exact) mass is 309 g/mol. The first-order valence-corrected chi connectivity index (χ1v) is 7.41. The minimum absolute atomic E-state index is 0.0372. The summed E-state index contributed by atoms with van der Waals surface area (Å²) >= 11 is 0. The van der Waals surface area contributed by atoms with Gasteiger partial charge in [-0.3, -0.25) is 9.59 Å². The predicted molar refractivity (Wildman–Crippen MR) is 78.1 cm³/mol. The largest absolute Gasteiger partial charge is 0.491 e. The van der Waals surface area contributed by atoms with Gasteiger partial charge in [-0.25, -0.2) is 4.39 Å². The van der Waals surface area contributed by atoms with Gasteiger partial charge in [0.05, 0.1) is 18.6 Å². The van der Waals surface area contributed by atoms with E-state index in [0.717, 1.165) is 6.42 Å². The van der Waals surface area contributed by atoms with Crippen LogP contribution < -0.4 is 10.1 Å². The van der Waals surface area contributed by atoms with Crippen LogP contribution in [0.2, 0.25) is 0 Å². The molecule has 0 radical (unpaired) electrons. The molecule has 1 fully saturated rings. The van der Waals surface area contributed by atoms with E-state index in [9.17, 15) is 14.0 Å². The molecule has 1 amide bonds. The Bertz CT molecular complexity index is 543. The molecule has 2 rings (SSSR count). The van der Waals surface area contributed by atoms with Crippen molar-refractivity contribution in [1.82, 2.24) is 5.32 Å². The summed E-state index contributed by atoms with van der Waals surface area (Å²) in [5, 5.41) is 11.7. The maximum atomic E-state index is 13.3. The zero-order chi connectivity index (χ0) is 16.0. The number of amides is 1. The number of para-hydroxylation sites is 1. The predicted octanol–water partition coefficient (Wildman–Crippen LogP) is 2.50. The van der Waals surface area contributed by atoms with E-state index in [1.54, 1.807) is 12.1 Å². The van der Waals surface area contributed by atoms with Gasteiger partial charge in [0.2, 0.25) is 5.91 Å². The number of benzene rings is 1. The van der Waals surface area contributed by atoms with Crippen LogP contribution in [-0.4, -0.2) is 29.1 Å². The highest BCUT2D eigenvalue weighted by Crippen LogP contribution is 2.35. The smallest absolute Gasteiger partial charge is 0.305 e. The van der Waals surface area contributed by atoms with E-state index < -0.39 is 17.3 Å². The number of hydrogen-bond acceptors (Lipinski definition) is 3. The second-order valence-corrected chi connectivity index (χ2v) is 5.64. The summed E-state index contributed by atoms with van der Waals surface area (Å²) in [5.41, 5.74) is -0.574. The highest BCUT2D eigenvalue weighted by molar-refractivity contribution is 5.78. The number of carboxylic acids is 1. The maximum Gasteiger partial charge on any atom is 0.305 e. The van der Waals surface area contributed by atoms with E-state index in [-0.39, 0.29) is 31.1 Å². The summed E-state index contributed by atoms with van der Waals surface area (Å²) in [6.45, 7) is 0.236. The summed E-state index contributed by atoms with van der Waals surface area (Å²) in [4.78, 5) is 22.7. The third kappa shape index (κ3) is 4.44. The summed E-state index contributed by atoms with van der Waals surface area (Å²) in [6.07, 6.45) is 2.99. The van der Waals surface area contributed by atoms with E-state index >= 15 is 0 Å². The van der Waals surface area contributed by atoms with Crippen LogP contribution in [0.15, 0.2) is 24.3 Å². The lowest BCUT2D eigenvalue weighted by atomic mass is 9.74. The topological polar surface area (TPSA) is 75.6 Å². The van der Waals surface area contributed by atoms with Crippen LogP contribution in [0.1, 0.15) is 38.5 Å². The van der Waals surface area contributed by atoms with Crippen molar-refractivity contribution < 1.29 is 23.8 Å². The van der Waals surface area contributed by atoms with Crippen molar-refractivity contribution in [2.45, 2.75) is 44.1 Å². The molecule has 22 heavy (non-hydrogen) atoms. The molecule has 0 aliphatic heterocycles. The van der Waals surface area contributed by atoms with Crippen LogP contribution >= 0.6 is 0 Å². The van der Waals surface area contributed by atoms with E-state index in [1.807, 2.05) is 0 Å².